The van der Waals surface area contributed by atoms with E-state index in [0.29, 0.717) is 12.3 Å². The van der Waals surface area contributed by atoms with Crippen molar-refractivity contribution in [3.05, 3.63) is 45.8 Å². The van der Waals surface area contributed by atoms with Gasteiger partial charge < -0.3 is 20.3 Å². The Bertz CT molecular complexity index is 1160. The maximum atomic E-state index is 10.6. The van der Waals surface area contributed by atoms with E-state index in [2.05, 4.69) is 40.3 Å². The number of halogens is 6. The molecular formula is C23H24F6N4O5S. The number of hydrogen-bond acceptors (Lipinski definition) is 8. The topological polar surface area (TPSA) is 136 Å². The van der Waals surface area contributed by atoms with Crippen LogP contribution in [0.1, 0.15) is 28.3 Å². The van der Waals surface area contributed by atoms with Crippen LogP contribution >= 0.6 is 11.3 Å². The van der Waals surface area contributed by atoms with Gasteiger partial charge in [0.2, 0.25) is 0 Å². The molecular weight excluding hydrogens is 558 g/mol. The number of anilines is 1. The van der Waals surface area contributed by atoms with E-state index >= 15 is 0 Å². The van der Waals surface area contributed by atoms with Gasteiger partial charge in [-0.2, -0.15) is 31.6 Å². The molecule has 0 aliphatic carbocycles. The summed E-state index contributed by atoms with van der Waals surface area (Å²) in [6.45, 7) is 5.96. The highest BCUT2D eigenvalue weighted by molar-refractivity contribution is 7.11. The van der Waals surface area contributed by atoms with E-state index in [1.165, 1.54) is 9.75 Å². The number of thiophene rings is 1. The molecule has 0 aromatic carbocycles. The molecule has 39 heavy (non-hydrogen) atoms. The summed E-state index contributed by atoms with van der Waals surface area (Å²) in [6.07, 6.45) is -8.09. The number of nitrogens with one attached hydrogen (secondary N) is 1. The molecule has 2 aromatic heterocycles. The number of alkyl halides is 6. The summed E-state index contributed by atoms with van der Waals surface area (Å²) < 4.78 is 69.7. The lowest BCUT2D eigenvalue weighted by molar-refractivity contribution is -0.193. The number of aromatic nitrogens is 1. The number of carbonyl (C=O) groups is 2. The average Bonchev–Trinajstić information content (AvgIpc) is 3.54. The number of carboxylic acids is 2. The quantitative estimate of drug-likeness (QED) is 0.447. The second-order valence-corrected chi connectivity index (χ2v) is 10.0. The van der Waals surface area contributed by atoms with E-state index < -0.39 is 24.3 Å². The molecule has 0 bridgehead atoms. The molecule has 4 rings (SSSR count). The Labute approximate surface area is 222 Å². The number of aliphatic carboxylic acids is 2. The Kier molecular flexibility index (Phi) is 10.7. The minimum absolute atomic E-state index is 0.0309. The fraction of sp³-hybridized carbons (Fsp3) is 0.478. The molecule has 2 atom stereocenters. The van der Waals surface area contributed by atoms with E-state index in [9.17, 15) is 26.3 Å². The second kappa shape index (κ2) is 13.1. The third-order valence-corrected chi connectivity index (χ3v) is 6.47. The van der Waals surface area contributed by atoms with Crippen LogP contribution in [0.5, 0.6) is 0 Å². The summed E-state index contributed by atoms with van der Waals surface area (Å²) in [4.78, 5) is 27.4. The first-order chi connectivity index (χ1) is 18.0. The first kappa shape index (κ1) is 31.8. The van der Waals surface area contributed by atoms with Gasteiger partial charge in [-0.15, -0.1) is 11.3 Å². The number of likely N-dealkylation sites (tertiary alicyclic amines) is 1. The van der Waals surface area contributed by atoms with Gasteiger partial charge in [-0.25, -0.2) is 14.6 Å². The highest BCUT2D eigenvalue weighted by Gasteiger charge is 2.45. The molecule has 0 radical (unpaired) electrons. The van der Waals surface area contributed by atoms with E-state index in [1.807, 2.05) is 23.5 Å². The molecule has 4 heterocycles. The molecule has 2 aliphatic heterocycles. The maximum Gasteiger partial charge on any atom is 0.490 e. The van der Waals surface area contributed by atoms with Crippen molar-refractivity contribution >= 4 is 29.1 Å². The molecule has 9 nitrogen and oxygen atoms in total. The molecule has 214 valence electrons. The van der Waals surface area contributed by atoms with E-state index in [1.54, 1.807) is 6.07 Å². The van der Waals surface area contributed by atoms with Crippen molar-refractivity contribution in [2.24, 2.45) is 0 Å². The first-order valence-corrected chi connectivity index (χ1v) is 12.0. The van der Waals surface area contributed by atoms with Crippen LogP contribution in [0.2, 0.25) is 0 Å². The highest BCUT2D eigenvalue weighted by atomic mass is 32.1. The van der Waals surface area contributed by atoms with Crippen LogP contribution < -0.4 is 5.32 Å². The maximum absolute atomic E-state index is 10.6. The monoisotopic (exact) mass is 582 g/mol. The molecule has 2 saturated heterocycles. The molecule has 0 amide bonds. The lowest BCUT2D eigenvalue weighted by Gasteiger charge is -2.23. The van der Waals surface area contributed by atoms with Gasteiger partial charge in [-0.05, 0) is 37.6 Å². The third-order valence-electron chi connectivity index (χ3n) is 5.48. The number of ether oxygens (including phenoxy) is 1. The van der Waals surface area contributed by atoms with Gasteiger partial charge in [0.15, 0.2) is 0 Å². The van der Waals surface area contributed by atoms with Gasteiger partial charge in [-0.1, -0.05) is 6.07 Å². The average molecular weight is 583 g/mol. The lowest BCUT2D eigenvalue weighted by atomic mass is 9.97. The Balaban J connectivity index is 0.000000317. The normalized spacial score (nSPS) is 20.8. The summed E-state index contributed by atoms with van der Waals surface area (Å²) in [6, 6.07) is 12.3. The van der Waals surface area contributed by atoms with Crippen LogP contribution in [-0.4, -0.2) is 75.7 Å². The number of rotatable bonds is 4. The van der Waals surface area contributed by atoms with Crippen LogP contribution in [0.15, 0.2) is 30.3 Å². The van der Waals surface area contributed by atoms with Crippen molar-refractivity contribution in [3.63, 3.8) is 0 Å². The minimum Gasteiger partial charge on any atom is -0.475 e. The van der Waals surface area contributed by atoms with Crippen LogP contribution in [0.25, 0.3) is 0 Å². The standard InChI is InChI=1S/C19H22N4OS.2C2HF3O2/c1-14-5-6-17(25-14)11-23-8-7-19(13-23)9-16(12-24-19)22-18-4-2-3-15(10-20)21-18;2*3-2(4,5)1(6)7/h2-6,16H,7-9,11-13H2,1H3,(H,21,22);2*(H,6,7). The highest BCUT2D eigenvalue weighted by Crippen LogP contribution is 2.37. The summed E-state index contributed by atoms with van der Waals surface area (Å²) in [5.74, 6) is -4.76. The van der Waals surface area contributed by atoms with Gasteiger partial charge in [-0.3, -0.25) is 4.90 Å². The van der Waals surface area contributed by atoms with E-state index in [-0.39, 0.29) is 11.6 Å². The predicted octanol–water partition coefficient (Wildman–Crippen LogP) is 4.44. The Morgan fingerprint density at radius 1 is 1.18 bits per heavy atom. The van der Waals surface area contributed by atoms with Crippen LogP contribution in [0.3, 0.4) is 0 Å². The van der Waals surface area contributed by atoms with Crippen molar-refractivity contribution in [2.75, 3.05) is 25.0 Å². The Morgan fingerprint density at radius 3 is 2.31 bits per heavy atom. The third kappa shape index (κ3) is 10.3. The van der Waals surface area contributed by atoms with Gasteiger partial charge in [0.05, 0.1) is 18.2 Å². The van der Waals surface area contributed by atoms with Crippen molar-refractivity contribution < 1.29 is 50.9 Å². The number of nitrogens with zero attached hydrogens (tertiary/aromatic N) is 3. The zero-order valence-electron chi connectivity index (χ0n) is 20.3. The molecule has 16 heteroatoms. The van der Waals surface area contributed by atoms with Crippen molar-refractivity contribution in [2.45, 2.75) is 50.3 Å². The van der Waals surface area contributed by atoms with Crippen LogP contribution in [0, 0.1) is 18.3 Å². The summed E-state index contributed by atoms with van der Waals surface area (Å²) >= 11 is 1.88. The minimum atomic E-state index is -5.08. The summed E-state index contributed by atoms with van der Waals surface area (Å²) in [5.41, 5.74) is 0.411. The summed E-state index contributed by atoms with van der Waals surface area (Å²) in [5, 5.41) is 26.7. The molecule has 2 fully saturated rings. The zero-order valence-corrected chi connectivity index (χ0v) is 21.2. The van der Waals surface area contributed by atoms with Gasteiger partial charge in [0, 0.05) is 35.8 Å². The second-order valence-electron chi connectivity index (χ2n) is 8.64. The van der Waals surface area contributed by atoms with Crippen LogP contribution in [-0.2, 0) is 20.9 Å². The molecule has 2 aromatic rings. The zero-order chi connectivity index (χ0) is 29.4. The van der Waals surface area contributed by atoms with E-state index in [4.69, 9.17) is 29.8 Å². The Morgan fingerprint density at radius 2 is 1.79 bits per heavy atom. The lowest BCUT2D eigenvalue weighted by Crippen LogP contribution is -2.33. The first-order valence-electron chi connectivity index (χ1n) is 11.2. The fourth-order valence-corrected chi connectivity index (χ4v) is 4.79. The van der Waals surface area contributed by atoms with Crippen molar-refractivity contribution in [3.8, 4) is 6.07 Å². The predicted molar refractivity (Wildman–Crippen MR) is 126 cm³/mol. The van der Waals surface area contributed by atoms with Gasteiger partial charge in [0.1, 0.15) is 17.6 Å². The van der Waals surface area contributed by atoms with Gasteiger partial charge in [0.25, 0.3) is 0 Å². The molecule has 2 aliphatic rings. The fourth-order valence-electron chi connectivity index (χ4n) is 3.86. The largest absolute Gasteiger partial charge is 0.490 e. The van der Waals surface area contributed by atoms with Crippen LogP contribution in [0.4, 0.5) is 32.2 Å². The molecule has 3 N–H and O–H groups in total. The number of pyridine rings is 1. The van der Waals surface area contributed by atoms with Crippen molar-refractivity contribution in [1.82, 2.24) is 9.88 Å². The summed E-state index contributed by atoms with van der Waals surface area (Å²) in [7, 11) is 0. The number of nitriles is 1. The number of hydrogen-bond donors (Lipinski definition) is 3. The number of carboxylic acid groups (broad SMARTS) is 2. The number of aryl methyl sites for hydroxylation is 1. The molecule has 2 unspecified atom stereocenters. The van der Waals surface area contributed by atoms with Crippen molar-refractivity contribution in [1.29, 1.82) is 5.26 Å². The van der Waals surface area contributed by atoms with Gasteiger partial charge >= 0.3 is 24.3 Å². The Hall–Kier alpha value is -3.42. The smallest absolute Gasteiger partial charge is 0.475 e. The SMILES string of the molecule is Cc1ccc(CN2CCC3(CC(Nc4cccc(C#N)n4)CO3)C2)s1.O=C(O)C(F)(F)F.O=C(O)C(F)(F)F. The molecule has 1 spiro atoms. The molecule has 0 saturated carbocycles. The van der Waals surface area contributed by atoms with E-state index in [0.717, 1.165) is 38.3 Å².